The van der Waals surface area contributed by atoms with Gasteiger partial charge in [-0.3, -0.25) is 4.98 Å². The molecule has 0 aliphatic heterocycles. The molecule has 3 nitrogen and oxygen atoms in total. The fraction of sp³-hybridized carbons (Fsp3) is 0.100. The zero-order valence-corrected chi connectivity index (χ0v) is 7.04. The highest BCUT2D eigenvalue weighted by Crippen LogP contribution is 2.26. The molecule has 0 spiro atoms. The number of nitrogens with one attached hydrogen (secondary N) is 2. The summed E-state index contributed by atoms with van der Waals surface area (Å²) in [6, 6.07) is 3.85. The second-order valence-electron chi connectivity index (χ2n) is 2.91. The first-order chi connectivity index (χ1) is 6.33. The lowest BCUT2D eigenvalue weighted by molar-refractivity contribution is 1.23. The Morgan fingerprint density at radius 2 is 2.31 bits per heavy atom. The van der Waals surface area contributed by atoms with Gasteiger partial charge in [0.05, 0.1) is 5.69 Å². The lowest BCUT2D eigenvalue weighted by atomic mass is 10.2. The van der Waals surface area contributed by atoms with Gasteiger partial charge < -0.3 is 10.8 Å². The number of allylic oxidation sites excluding steroid dienone is 2. The van der Waals surface area contributed by atoms with E-state index in [0.717, 1.165) is 16.8 Å². The smallest absolute Gasteiger partial charge is 0.0756 e. The minimum Gasteiger partial charge on any atom is -0.309 e. The van der Waals surface area contributed by atoms with Crippen LogP contribution >= 0.6 is 0 Å². The van der Waals surface area contributed by atoms with Crippen LogP contribution in [-0.2, 0) is 6.42 Å². The molecule has 0 amide bonds. The minimum atomic E-state index is 0.553. The lowest BCUT2D eigenvalue weighted by Gasteiger charge is -1.95. The van der Waals surface area contributed by atoms with Gasteiger partial charge in [-0.05, 0) is 17.7 Å². The van der Waals surface area contributed by atoms with Gasteiger partial charge in [0, 0.05) is 30.1 Å². The maximum absolute atomic E-state index is 7.68. The fourth-order valence-corrected chi connectivity index (χ4v) is 1.52. The number of aromatic nitrogens is 1. The summed E-state index contributed by atoms with van der Waals surface area (Å²) >= 11 is 0. The van der Waals surface area contributed by atoms with Crippen LogP contribution in [0.25, 0.3) is 5.57 Å². The van der Waals surface area contributed by atoms with Crippen LogP contribution in [0.5, 0.6) is 0 Å². The van der Waals surface area contributed by atoms with E-state index in [2.05, 4.69) is 4.98 Å². The van der Waals surface area contributed by atoms with E-state index in [1.807, 2.05) is 12.1 Å². The van der Waals surface area contributed by atoms with Gasteiger partial charge in [0.15, 0.2) is 0 Å². The van der Waals surface area contributed by atoms with Crippen molar-refractivity contribution in [1.29, 1.82) is 10.8 Å². The predicted octanol–water partition coefficient (Wildman–Crippen LogP) is 1.69. The second kappa shape index (κ2) is 2.94. The van der Waals surface area contributed by atoms with Crippen LogP contribution in [-0.4, -0.2) is 16.9 Å². The van der Waals surface area contributed by atoms with Gasteiger partial charge in [-0.15, -0.1) is 0 Å². The number of fused-ring (bicyclic) bond motifs is 1. The number of hydrogen-bond acceptors (Lipinski definition) is 3. The first-order valence-corrected chi connectivity index (χ1v) is 4.05. The predicted molar refractivity (Wildman–Crippen MR) is 52.4 cm³/mol. The average Bonchev–Trinajstić information content (AvgIpc) is 2.44. The van der Waals surface area contributed by atoms with Crippen molar-refractivity contribution < 1.29 is 0 Å². The van der Waals surface area contributed by atoms with Gasteiger partial charge in [0.25, 0.3) is 0 Å². The van der Waals surface area contributed by atoms with E-state index in [-0.39, 0.29) is 0 Å². The van der Waals surface area contributed by atoms with Crippen molar-refractivity contribution in [3.05, 3.63) is 35.7 Å². The van der Waals surface area contributed by atoms with Gasteiger partial charge in [-0.25, -0.2) is 0 Å². The molecule has 1 aliphatic carbocycles. The van der Waals surface area contributed by atoms with Crippen molar-refractivity contribution in [3.8, 4) is 0 Å². The Morgan fingerprint density at radius 3 is 3.08 bits per heavy atom. The molecule has 1 aromatic rings. The molecule has 1 aromatic heterocycles. The molecule has 1 heterocycles. The molecule has 3 heteroatoms. The molecule has 0 saturated heterocycles. The summed E-state index contributed by atoms with van der Waals surface area (Å²) in [6.45, 7) is 0. The van der Waals surface area contributed by atoms with Crippen molar-refractivity contribution >= 4 is 17.5 Å². The third-order valence-electron chi connectivity index (χ3n) is 2.09. The van der Waals surface area contributed by atoms with Crippen LogP contribution in [0.2, 0.25) is 0 Å². The Morgan fingerprint density at radius 1 is 1.46 bits per heavy atom. The number of rotatable bonds is 1. The van der Waals surface area contributed by atoms with Crippen molar-refractivity contribution in [2.75, 3.05) is 0 Å². The van der Waals surface area contributed by atoms with E-state index in [9.17, 15) is 0 Å². The molecule has 2 N–H and O–H groups in total. The zero-order chi connectivity index (χ0) is 9.26. The molecule has 0 aromatic carbocycles. The molecular weight excluding hydrogens is 162 g/mol. The highest BCUT2D eigenvalue weighted by Gasteiger charge is 2.21. The summed E-state index contributed by atoms with van der Waals surface area (Å²) in [6.07, 6.45) is 5.19. The molecule has 0 radical (unpaired) electrons. The molecule has 1 aliphatic rings. The Balaban J connectivity index is 2.59. The van der Waals surface area contributed by atoms with E-state index in [4.69, 9.17) is 10.8 Å². The Kier molecular flexibility index (Phi) is 1.77. The lowest BCUT2D eigenvalue weighted by Crippen LogP contribution is -1.92. The normalized spacial score (nSPS) is 17.5. The van der Waals surface area contributed by atoms with E-state index >= 15 is 0 Å². The van der Waals surface area contributed by atoms with E-state index in [0.29, 0.717) is 12.1 Å². The van der Waals surface area contributed by atoms with Crippen molar-refractivity contribution in [3.63, 3.8) is 0 Å². The van der Waals surface area contributed by atoms with E-state index < -0.39 is 0 Å². The van der Waals surface area contributed by atoms with Gasteiger partial charge >= 0.3 is 0 Å². The first-order valence-electron chi connectivity index (χ1n) is 4.05. The molecule has 0 unspecified atom stereocenters. The van der Waals surface area contributed by atoms with Crippen molar-refractivity contribution in [1.82, 2.24) is 4.98 Å². The van der Waals surface area contributed by atoms with Gasteiger partial charge in [0.1, 0.15) is 0 Å². The molecule has 64 valence electrons. The van der Waals surface area contributed by atoms with Crippen LogP contribution in [0, 0.1) is 10.8 Å². The fourth-order valence-electron chi connectivity index (χ4n) is 1.52. The summed E-state index contributed by atoms with van der Waals surface area (Å²) < 4.78 is 0. The summed E-state index contributed by atoms with van der Waals surface area (Å²) in [5, 5.41) is 14.7. The molecule has 0 bridgehead atoms. The van der Waals surface area contributed by atoms with E-state index in [1.54, 1.807) is 12.3 Å². The molecule has 0 atom stereocenters. The minimum absolute atomic E-state index is 0.553. The maximum Gasteiger partial charge on any atom is 0.0756 e. The molecule has 2 rings (SSSR count). The largest absolute Gasteiger partial charge is 0.309 e. The van der Waals surface area contributed by atoms with Crippen LogP contribution in [0.3, 0.4) is 0 Å². The average molecular weight is 171 g/mol. The van der Waals surface area contributed by atoms with Crippen LogP contribution < -0.4 is 0 Å². The maximum atomic E-state index is 7.68. The number of hydrogen-bond donors (Lipinski definition) is 2. The van der Waals surface area contributed by atoms with Crippen LogP contribution in [0.1, 0.15) is 11.3 Å². The quantitative estimate of drug-likeness (QED) is 0.620. The SMILES string of the molecule is N=C/C=C1\C(=N)Cc2cccnc21. The zero-order valence-electron chi connectivity index (χ0n) is 7.04. The summed E-state index contributed by atoms with van der Waals surface area (Å²) in [5.74, 6) is 0. The Bertz CT molecular complexity index is 404. The van der Waals surface area contributed by atoms with Crippen molar-refractivity contribution in [2.45, 2.75) is 6.42 Å². The first kappa shape index (κ1) is 7.86. The summed E-state index contributed by atoms with van der Waals surface area (Å²) in [7, 11) is 0. The van der Waals surface area contributed by atoms with Gasteiger partial charge in [-0.2, -0.15) is 0 Å². The van der Waals surface area contributed by atoms with Crippen molar-refractivity contribution in [2.24, 2.45) is 0 Å². The Labute approximate surface area is 76.2 Å². The monoisotopic (exact) mass is 171 g/mol. The van der Waals surface area contributed by atoms with Gasteiger partial charge in [-0.1, -0.05) is 6.07 Å². The third-order valence-corrected chi connectivity index (χ3v) is 2.09. The topological polar surface area (TPSA) is 60.6 Å². The van der Waals surface area contributed by atoms with Gasteiger partial charge in [0.2, 0.25) is 0 Å². The highest BCUT2D eigenvalue weighted by atomic mass is 14.7. The summed E-state index contributed by atoms with van der Waals surface area (Å²) in [5.41, 5.74) is 3.28. The van der Waals surface area contributed by atoms with Crippen LogP contribution in [0.4, 0.5) is 0 Å². The van der Waals surface area contributed by atoms with Crippen LogP contribution in [0.15, 0.2) is 24.4 Å². The summed E-state index contributed by atoms with van der Waals surface area (Å²) in [4.78, 5) is 4.20. The molecule has 13 heavy (non-hydrogen) atoms. The highest BCUT2D eigenvalue weighted by molar-refractivity contribution is 6.28. The third kappa shape index (κ3) is 1.18. The Hall–Kier alpha value is -1.77. The number of nitrogens with zero attached hydrogens (tertiary/aromatic N) is 1. The van der Waals surface area contributed by atoms with E-state index in [1.165, 1.54) is 6.21 Å². The number of pyridine rings is 1. The molecular formula is C10H9N3. The second-order valence-corrected chi connectivity index (χ2v) is 2.91. The molecule has 0 fully saturated rings. The standard InChI is InChI=1S/C10H9N3/c11-4-3-8-9(12)6-7-2-1-5-13-10(7)8/h1-5,11-12H,6H2/b8-3+,11-4?,12-9?. The molecule has 0 saturated carbocycles.